The van der Waals surface area contributed by atoms with Crippen LogP contribution in [-0.2, 0) is 19.0 Å². The third kappa shape index (κ3) is 1.65. The van der Waals surface area contributed by atoms with Crippen molar-refractivity contribution in [2.45, 2.75) is 18.4 Å². The van der Waals surface area contributed by atoms with Crippen molar-refractivity contribution >= 4 is 5.78 Å². The number of methoxy groups -OCH3 is 2. The smallest absolute Gasteiger partial charge is 0.261 e. The Kier molecular flexibility index (Phi) is 2.52. The zero-order valence-electron chi connectivity index (χ0n) is 8.91. The Balaban J connectivity index is 2.37. The zero-order chi connectivity index (χ0) is 10.9. The Labute approximate surface area is 88.5 Å². The number of carbonyl (C=O) groups is 1. The van der Waals surface area contributed by atoms with E-state index in [1.807, 2.05) is 0 Å². The molecule has 0 aromatic rings. The molecule has 2 rings (SSSR count). The zero-order valence-corrected chi connectivity index (χ0v) is 8.91. The van der Waals surface area contributed by atoms with Crippen molar-refractivity contribution in [3.8, 4) is 0 Å². The highest BCUT2D eigenvalue weighted by molar-refractivity contribution is 6.06. The second-order valence-corrected chi connectivity index (χ2v) is 3.66. The van der Waals surface area contributed by atoms with Gasteiger partial charge in [0.25, 0.3) is 5.78 Å². The van der Waals surface area contributed by atoms with Crippen LogP contribution in [0.15, 0.2) is 23.7 Å². The van der Waals surface area contributed by atoms with Gasteiger partial charge in [-0.25, -0.2) is 0 Å². The molecular weight excluding hydrogens is 196 g/mol. The minimum atomic E-state index is -0.495. The molecule has 4 nitrogen and oxygen atoms in total. The van der Waals surface area contributed by atoms with E-state index in [1.54, 1.807) is 12.2 Å². The largest absolute Gasteiger partial charge is 0.493 e. The van der Waals surface area contributed by atoms with Crippen LogP contribution >= 0.6 is 0 Å². The van der Waals surface area contributed by atoms with Crippen LogP contribution in [0.5, 0.6) is 0 Å². The van der Waals surface area contributed by atoms with Gasteiger partial charge < -0.3 is 14.2 Å². The summed E-state index contributed by atoms with van der Waals surface area (Å²) in [4.78, 5) is 11.7. The molecule has 0 radical (unpaired) electrons. The average Bonchev–Trinajstić information content (AvgIpc) is 2.70. The lowest BCUT2D eigenvalue weighted by Gasteiger charge is -2.26. The van der Waals surface area contributed by atoms with Gasteiger partial charge in [0.05, 0.1) is 14.2 Å². The molecule has 0 aromatic heterocycles. The predicted octanol–water partition coefficient (Wildman–Crippen LogP) is 1.18. The SMILES string of the molecule is COC1=CC2(C=C(OC)C1=O)CCCO2. The summed E-state index contributed by atoms with van der Waals surface area (Å²) < 4.78 is 15.7. The minimum Gasteiger partial charge on any atom is -0.493 e. The molecule has 15 heavy (non-hydrogen) atoms. The molecule has 0 N–H and O–H groups in total. The maximum Gasteiger partial charge on any atom is 0.261 e. The van der Waals surface area contributed by atoms with E-state index >= 15 is 0 Å². The predicted molar refractivity (Wildman–Crippen MR) is 53.1 cm³/mol. The Morgan fingerprint density at radius 1 is 1.27 bits per heavy atom. The Morgan fingerprint density at radius 3 is 2.27 bits per heavy atom. The van der Waals surface area contributed by atoms with Gasteiger partial charge in [-0.05, 0) is 25.0 Å². The first-order chi connectivity index (χ1) is 7.21. The van der Waals surface area contributed by atoms with Crippen LogP contribution in [0.25, 0.3) is 0 Å². The summed E-state index contributed by atoms with van der Waals surface area (Å²) >= 11 is 0. The van der Waals surface area contributed by atoms with Gasteiger partial charge in [0.2, 0.25) is 0 Å². The van der Waals surface area contributed by atoms with Crippen LogP contribution in [-0.4, -0.2) is 32.2 Å². The van der Waals surface area contributed by atoms with E-state index in [9.17, 15) is 4.79 Å². The molecule has 4 heteroatoms. The second-order valence-electron chi connectivity index (χ2n) is 3.66. The number of rotatable bonds is 2. The lowest BCUT2D eigenvalue weighted by Crippen LogP contribution is -2.30. The quantitative estimate of drug-likeness (QED) is 0.686. The van der Waals surface area contributed by atoms with Crippen LogP contribution in [0.3, 0.4) is 0 Å². The Bertz CT molecular complexity index is 308. The molecule has 0 bridgehead atoms. The maximum atomic E-state index is 11.7. The number of carbonyl (C=O) groups excluding carboxylic acids is 1. The molecule has 1 fully saturated rings. The van der Waals surface area contributed by atoms with Gasteiger partial charge in [0.15, 0.2) is 11.5 Å². The third-order valence-electron chi connectivity index (χ3n) is 2.72. The summed E-state index contributed by atoms with van der Waals surface area (Å²) in [5.41, 5.74) is -0.495. The summed E-state index contributed by atoms with van der Waals surface area (Å²) in [7, 11) is 2.95. The molecule has 0 unspecified atom stereocenters. The highest BCUT2D eigenvalue weighted by Gasteiger charge is 2.38. The molecule has 1 aliphatic carbocycles. The fourth-order valence-corrected chi connectivity index (χ4v) is 1.95. The van der Waals surface area contributed by atoms with Crippen LogP contribution < -0.4 is 0 Å². The third-order valence-corrected chi connectivity index (χ3v) is 2.72. The van der Waals surface area contributed by atoms with Gasteiger partial charge in [-0.2, -0.15) is 0 Å². The summed E-state index contributed by atoms with van der Waals surface area (Å²) in [6, 6.07) is 0. The van der Waals surface area contributed by atoms with Crippen molar-refractivity contribution in [1.82, 2.24) is 0 Å². The van der Waals surface area contributed by atoms with E-state index < -0.39 is 5.60 Å². The highest BCUT2D eigenvalue weighted by Crippen LogP contribution is 2.34. The normalized spacial score (nSPS) is 23.7. The summed E-state index contributed by atoms with van der Waals surface area (Å²) in [6.07, 6.45) is 5.32. The van der Waals surface area contributed by atoms with E-state index in [0.717, 1.165) is 12.8 Å². The first-order valence-electron chi connectivity index (χ1n) is 4.93. The molecule has 82 valence electrons. The van der Waals surface area contributed by atoms with Gasteiger partial charge in [0, 0.05) is 6.61 Å². The Morgan fingerprint density at radius 2 is 1.87 bits per heavy atom. The molecule has 1 spiro atoms. The fourth-order valence-electron chi connectivity index (χ4n) is 1.95. The molecule has 1 heterocycles. The molecule has 0 atom stereocenters. The van der Waals surface area contributed by atoms with E-state index in [2.05, 4.69) is 0 Å². The van der Waals surface area contributed by atoms with Crippen molar-refractivity contribution in [2.75, 3.05) is 20.8 Å². The monoisotopic (exact) mass is 210 g/mol. The standard InChI is InChI=1S/C11H14O4/c1-13-8-6-11(4-3-5-15-11)7-9(14-2)10(8)12/h6-7H,3-5H2,1-2H3. The Hall–Kier alpha value is -1.29. The van der Waals surface area contributed by atoms with E-state index in [0.29, 0.717) is 18.1 Å². The van der Waals surface area contributed by atoms with E-state index in [1.165, 1.54) is 14.2 Å². The first-order valence-corrected chi connectivity index (χ1v) is 4.93. The van der Waals surface area contributed by atoms with Crippen molar-refractivity contribution in [1.29, 1.82) is 0 Å². The van der Waals surface area contributed by atoms with Gasteiger partial charge in [0.1, 0.15) is 5.60 Å². The summed E-state index contributed by atoms with van der Waals surface area (Å²) in [5.74, 6) is 0.383. The van der Waals surface area contributed by atoms with E-state index in [4.69, 9.17) is 14.2 Å². The molecule has 0 amide bonds. The number of Topliss-reactive ketones (excluding diaryl/α,β-unsaturated/α-hetero) is 1. The molecule has 0 aromatic carbocycles. The first kappa shape index (κ1) is 10.2. The van der Waals surface area contributed by atoms with Crippen LogP contribution in [0.4, 0.5) is 0 Å². The molecular formula is C11H14O4. The highest BCUT2D eigenvalue weighted by atomic mass is 16.5. The van der Waals surface area contributed by atoms with Crippen molar-refractivity contribution in [3.05, 3.63) is 23.7 Å². The van der Waals surface area contributed by atoms with E-state index in [-0.39, 0.29) is 5.78 Å². The maximum absolute atomic E-state index is 11.7. The molecule has 2 aliphatic rings. The molecule has 1 aliphatic heterocycles. The molecule has 0 saturated carbocycles. The fraction of sp³-hybridized carbons (Fsp3) is 0.545. The summed E-state index contributed by atoms with van der Waals surface area (Å²) in [6.45, 7) is 0.704. The van der Waals surface area contributed by atoms with Crippen molar-refractivity contribution in [2.24, 2.45) is 0 Å². The van der Waals surface area contributed by atoms with Crippen LogP contribution in [0.2, 0.25) is 0 Å². The van der Waals surface area contributed by atoms with Gasteiger partial charge >= 0.3 is 0 Å². The topological polar surface area (TPSA) is 44.8 Å². The number of ketones is 1. The van der Waals surface area contributed by atoms with Gasteiger partial charge in [-0.1, -0.05) is 0 Å². The van der Waals surface area contributed by atoms with Crippen molar-refractivity contribution in [3.63, 3.8) is 0 Å². The number of ether oxygens (including phenoxy) is 3. The van der Waals surface area contributed by atoms with Gasteiger partial charge in [-0.15, -0.1) is 0 Å². The number of hydrogen-bond donors (Lipinski definition) is 0. The van der Waals surface area contributed by atoms with Crippen molar-refractivity contribution < 1.29 is 19.0 Å². The number of hydrogen-bond acceptors (Lipinski definition) is 4. The average molecular weight is 210 g/mol. The van der Waals surface area contributed by atoms with Crippen LogP contribution in [0, 0.1) is 0 Å². The summed E-state index contributed by atoms with van der Waals surface area (Å²) in [5, 5.41) is 0. The lowest BCUT2D eigenvalue weighted by molar-refractivity contribution is -0.118. The lowest BCUT2D eigenvalue weighted by atomic mass is 9.92. The van der Waals surface area contributed by atoms with Gasteiger partial charge in [-0.3, -0.25) is 4.79 Å². The van der Waals surface area contributed by atoms with Crippen LogP contribution in [0.1, 0.15) is 12.8 Å². The minimum absolute atomic E-state index is 0.221. The molecule has 1 saturated heterocycles. The second kappa shape index (κ2) is 3.70.